The number of anilines is 1. The first-order valence-electron chi connectivity index (χ1n) is 5.63. The monoisotopic (exact) mass is 255 g/mol. The van der Waals surface area contributed by atoms with Crippen molar-refractivity contribution < 1.29 is 14.7 Å². The van der Waals surface area contributed by atoms with Gasteiger partial charge in [0.25, 0.3) is 5.91 Å². The molecule has 1 aromatic rings. The Hall–Kier alpha value is -1.26. The summed E-state index contributed by atoms with van der Waals surface area (Å²) in [7, 11) is 0. The molecule has 1 N–H and O–H groups in total. The summed E-state index contributed by atoms with van der Waals surface area (Å²) >= 11 is 5.98. The Bertz CT molecular complexity index is 436. The second kappa shape index (κ2) is 4.94. The van der Waals surface area contributed by atoms with Crippen LogP contribution in [0.15, 0.2) is 18.2 Å². The number of nitrogens with zero attached hydrogens (tertiary/aromatic N) is 1. The molecule has 17 heavy (non-hydrogen) atoms. The molecule has 1 atom stereocenters. The highest BCUT2D eigenvalue weighted by molar-refractivity contribution is 6.32. The molecule has 0 unspecified atom stereocenters. The van der Waals surface area contributed by atoms with Crippen LogP contribution >= 0.6 is 11.6 Å². The first-order chi connectivity index (χ1) is 8.15. The Morgan fingerprint density at radius 2 is 2.29 bits per heavy atom. The minimum atomic E-state index is -0.646. The molecule has 4 nitrogen and oxygen atoms in total. The van der Waals surface area contributed by atoms with Crippen LogP contribution in [0.4, 0.5) is 5.69 Å². The third-order valence-corrected chi connectivity index (χ3v) is 3.04. The Balaban J connectivity index is 2.30. The normalized spacial score (nSPS) is 18.9. The summed E-state index contributed by atoms with van der Waals surface area (Å²) < 4.78 is 5.56. The van der Waals surface area contributed by atoms with Gasteiger partial charge < -0.3 is 4.74 Å². The van der Waals surface area contributed by atoms with Crippen LogP contribution in [0.2, 0.25) is 5.02 Å². The zero-order chi connectivity index (χ0) is 12.4. The van der Waals surface area contributed by atoms with E-state index >= 15 is 0 Å². The number of carbonyl (C=O) groups excluding carboxylic acids is 1. The van der Waals surface area contributed by atoms with Gasteiger partial charge in [0.15, 0.2) is 11.9 Å². The zero-order valence-electron chi connectivity index (χ0n) is 9.52. The molecular formula is C12H14ClNO3. The molecule has 1 aliphatic heterocycles. The maximum atomic E-state index is 11.8. The summed E-state index contributed by atoms with van der Waals surface area (Å²) in [6.45, 7) is 2.03. The Labute approximate surface area is 105 Å². The lowest BCUT2D eigenvalue weighted by atomic mass is 10.1. The second-order valence-electron chi connectivity index (χ2n) is 3.99. The molecule has 1 aliphatic rings. The predicted octanol–water partition coefficient (Wildman–Crippen LogP) is 3.01. The molecule has 0 aromatic heterocycles. The van der Waals surface area contributed by atoms with Crippen molar-refractivity contribution in [2.24, 2.45) is 0 Å². The van der Waals surface area contributed by atoms with Gasteiger partial charge in [-0.25, -0.2) is 0 Å². The van der Waals surface area contributed by atoms with E-state index in [1.807, 2.05) is 6.92 Å². The average Bonchev–Trinajstić information content (AvgIpc) is 2.33. The van der Waals surface area contributed by atoms with Crippen LogP contribution in [0.25, 0.3) is 0 Å². The molecule has 0 saturated heterocycles. The Kier molecular flexibility index (Phi) is 3.54. The number of rotatable bonds is 3. The lowest BCUT2D eigenvalue weighted by Crippen LogP contribution is -2.44. The highest BCUT2D eigenvalue weighted by Gasteiger charge is 2.34. The molecular weight excluding hydrogens is 242 g/mol. The van der Waals surface area contributed by atoms with Crippen molar-refractivity contribution in [2.75, 3.05) is 5.06 Å². The number of halogens is 1. The summed E-state index contributed by atoms with van der Waals surface area (Å²) in [4.78, 5) is 11.8. The topological polar surface area (TPSA) is 49.8 Å². The zero-order valence-corrected chi connectivity index (χ0v) is 10.3. The van der Waals surface area contributed by atoms with Crippen LogP contribution in [0.1, 0.15) is 26.2 Å². The van der Waals surface area contributed by atoms with Gasteiger partial charge in [0, 0.05) is 0 Å². The Morgan fingerprint density at radius 3 is 3.00 bits per heavy atom. The van der Waals surface area contributed by atoms with Crippen molar-refractivity contribution in [3.05, 3.63) is 23.2 Å². The third kappa shape index (κ3) is 2.23. The smallest absolute Gasteiger partial charge is 0.291 e. The van der Waals surface area contributed by atoms with E-state index in [0.29, 0.717) is 27.9 Å². The fourth-order valence-corrected chi connectivity index (χ4v) is 2.01. The fourth-order valence-electron chi connectivity index (χ4n) is 1.80. The van der Waals surface area contributed by atoms with Crippen molar-refractivity contribution >= 4 is 23.2 Å². The van der Waals surface area contributed by atoms with E-state index in [9.17, 15) is 10.0 Å². The largest absolute Gasteiger partial charge is 0.477 e. The lowest BCUT2D eigenvalue weighted by Gasteiger charge is -2.30. The molecule has 92 valence electrons. The van der Waals surface area contributed by atoms with Gasteiger partial charge in [-0.15, -0.1) is 0 Å². The highest BCUT2D eigenvalue weighted by atomic mass is 35.5. The number of fused-ring (bicyclic) bond motifs is 1. The predicted molar refractivity (Wildman–Crippen MR) is 64.7 cm³/mol. The number of carbonyl (C=O) groups is 1. The summed E-state index contributed by atoms with van der Waals surface area (Å²) in [5.74, 6) is -0.0643. The van der Waals surface area contributed by atoms with Gasteiger partial charge in [0.2, 0.25) is 0 Å². The number of amides is 1. The van der Waals surface area contributed by atoms with Crippen molar-refractivity contribution in [1.82, 2.24) is 0 Å². The molecule has 0 bridgehead atoms. The van der Waals surface area contributed by atoms with Crippen molar-refractivity contribution in [2.45, 2.75) is 32.3 Å². The van der Waals surface area contributed by atoms with Gasteiger partial charge in [-0.1, -0.05) is 31.0 Å². The molecule has 2 rings (SSSR count). The highest BCUT2D eigenvalue weighted by Crippen LogP contribution is 2.39. The van der Waals surface area contributed by atoms with E-state index in [4.69, 9.17) is 16.3 Å². The van der Waals surface area contributed by atoms with Gasteiger partial charge in [0.05, 0.1) is 5.02 Å². The average molecular weight is 256 g/mol. The molecule has 1 aromatic carbocycles. The minimum absolute atomic E-state index is 0.301. The van der Waals surface area contributed by atoms with Gasteiger partial charge in [-0.3, -0.25) is 10.0 Å². The molecule has 5 heteroatoms. The number of benzene rings is 1. The van der Waals surface area contributed by atoms with Crippen molar-refractivity contribution in [3.8, 4) is 5.75 Å². The van der Waals surface area contributed by atoms with Crippen LogP contribution in [-0.2, 0) is 4.79 Å². The van der Waals surface area contributed by atoms with Gasteiger partial charge in [0.1, 0.15) is 5.69 Å². The molecule has 0 fully saturated rings. The number of hydroxylamine groups is 1. The summed E-state index contributed by atoms with van der Waals surface area (Å²) in [5.41, 5.74) is 0.301. The summed E-state index contributed by atoms with van der Waals surface area (Å²) in [5, 5.41) is 10.8. The molecule has 1 heterocycles. The summed E-state index contributed by atoms with van der Waals surface area (Å²) in [6, 6.07) is 4.92. The van der Waals surface area contributed by atoms with Crippen LogP contribution < -0.4 is 9.80 Å². The van der Waals surface area contributed by atoms with Crippen LogP contribution in [-0.4, -0.2) is 17.2 Å². The van der Waals surface area contributed by atoms with Crippen LogP contribution in [0, 0.1) is 0 Å². The van der Waals surface area contributed by atoms with Gasteiger partial charge >= 0.3 is 0 Å². The minimum Gasteiger partial charge on any atom is -0.477 e. The maximum absolute atomic E-state index is 11.8. The first kappa shape index (κ1) is 12.2. The number of para-hydroxylation sites is 1. The van der Waals surface area contributed by atoms with Crippen LogP contribution in [0.5, 0.6) is 5.75 Å². The molecule has 0 spiro atoms. The van der Waals surface area contributed by atoms with Crippen molar-refractivity contribution in [3.63, 3.8) is 0 Å². The van der Waals surface area contributed by atoms with Gasteiger partial charge in [-0.05, 0) is 25.0 Å². The number of hydrogen-bond acceptors (Lipinski definition) is 3. The standard InChI is InChI=1S/C12H14ClNO3/c1-2-3-7-10-12(15)14(16)9-6-4-5-8(13)11(9)17-10/h4-6,10,16H,2-3,7H2,1H3/t10-/m0/s1. The molecule has 0 radical (unpaired) electrons. The fraction of sp³-hybridized carbons (Fsp3) is 0.417. The third-order valence-electron chi connectivity index (χ3n) is 2.74. The SMILES string of the molecule is CCCC[C@@H]1Oc2c(Cl)cccc2N(O)C1=O. The van der Waals surface area contributed by atoms with Crippen molar-refractivity contribution in [1.29, 1.82) is 0 Å². The van der Waals surface area contributed by atoms with E-state index < -0.39 is 12.0 Å². The van der Waals surface area contributed by atoms with E-state index in [-0.39, 0.29) is 0 Å². The van der Waals surface area contributed by atoms with Crippen LogP contribution in [0.3, 0.4) is 0 Å². The molecule has 1 amide bonds. The van der Waals surface area contributed by atoms with E-state index in [0.717, 1.165) is 12.8 Å². The van der Waals surface area contributed by atoms with Gasteiger partial charge in [-0.2, -0.15) is 5.06 Å². The van der Waals surface area contributed by atoms with E-state index in [1.54, 1.807) is 18.2 Å². The number of unbranched alkanes of at least 4 members (excludes halogenated alkanes) is 1. The Morgan fingerprint density at radius 1 is 1.53 bits per heavy atom. The quantitative estimate of drug-likeness (QED) is 0.845. The number of hydrogen-bond donors (Lipinski definition) is 1. The molecule has 0 saturated carbocycles. The number of ether oxygens (including phenoxy) is 1. The van der Waals surface area contributed by atoms with E-state index in [1.165, 1.54) is 0 Å². The summed E-state index contributed by atoms with van der Waals surface area (Å²) in [6.07, 6.45) is 1.77. The van der Waals surface area contributed by atoms with E-state index in [2.05, 4.69) is 0 Å². The lowest BCUT2D eigenvalue weighted by molar-refractivity contribution is -0.132. The first-order valence-corrected chi connectivity index (χ1v) is 6.01. The maximum Gasteiger partial charge on any atom is 0.291 e. The second-order valence-corrected chi connectivity index (χ2v) is 4.39. The molecule has 0 aliphatic carbocycles.